The Balaban J connectivity index is 0.950. The number of aromatic nitrogens is 8. The minimum absolute atomic E-state index is 0.0162. The van der Waals surface area contributed by atoms with Gasteiger partial charge in [0.25, 0.3) is 11.1 Å². The van der Waals surface area contributed by atoms with E-state index in [1.54, 1.807) is 0 Å². The Kier molecular flexibility index (Phi) is 17.0. The molecule has 0 aliphatic carbocycles. The minimum Gasteiger partial charge on any atom is -0.387 e. The summed E-state index contributed by atoms with van der Waals surface area (Å²) in [5.74, 6) is -0.558. The lowest BCUT2D eigenvalue weighted by Gasteiger charge is -2.34. The van der Waals surface area contributed by atoms with Gasteiger partial charge in [-0.15, -0.1) is 0 Å². The first-order chi connectivity index (χ1) is 35.7. The Morgan fingerprint density at radius 2 is 1.32 bits per heavy atom. The summed E-state index contributed by atoms with van der Waals surface area (Å²) in [5, 5.41) is 42.9. The second kappa shape index (κ2) is 22.5. The van der Waals surface area contributed by atoms with Crippen molar-refractivity contribution < 1.29 is 109 Å². The molecule has 4 aromatic heterocycles. The molecule has 0 saturated carbocycles. The average molecular weight is 1160 g/mol. The summed E-state index contributed by atoms with van der Waals surface area (Å²) in [7, 11) is -20.8. The zero-order chi connectivity index (χ0) is 55.2. The fourth-order valence-corrected chi connectivity index (χ4v) is 12.5. The number of imidazole rings is 1. The van der Waals surface area contributed by atoms with Crippen molar-refractivity contribution in [3.05, 3.63) is 68.5 Å². The highest BCUT2D eigenvalue weighted by Gasteiger charge is 2.54. The third-order valence-electron chi connectivity index (χ3n) is 11.4. The monoisotopic (exact) mass is 1160 g/mol. The van der Waals surface area contributed by atoms with E-state index in [9.17, 15) is 72.6 Å². The van der Waals surface area contributed by atoms with Crippen LogP contribution in [0.1, 0.15) is 12.5 Å². The van der Waals surface area contributed by atoms with Crippen LogP contribution in [0.15, 0.2) is 51.7 Å². The van der Waals surface area contributed by atoms with Gasteiger partial charge < -0.3 is 85.0 Å². The molecule has 8 rings (SSSR count). The SMILES string of the molecule is COCCOC1C(OP(=O)(O)OC[C@H]2O[C@@H](n3ccc(=O)[nH]c3=O)C(O)C2O)[C@@H](COP(=O)(O)OP(=O)(O)OP(=O)(O)OC[C@H]2O[C@@H](N3C=CN(C)c4c3nc(N)[nH]c4=O)C(O)C2O)O[C@H]1n1cnc2c(N)ncnc21. The number of nitrogens with two attached hydrogens (primary N) is 2. The Labute approximate surface area is 423 Å². The van der Waals surface area contributed by atoms with E-state index < -0.39 is 142 Å². The summed E-state index contributed by atoms with van der Waals surface area (Å²) in [5.41, 5.74) is 9.10. The molecule has 14 N–H and O–H groups in total. The van der Waals surface area contributed by atoms with Gasteiger partial charge in [0, 0.05) is 38.8 Å². The summed E-state index contributed by atoms with van der Waals surface area (Å²) in [6.07, 6.45) is -15.2. The number of nitrogens with zero attached hydrogens (tertiary/aromatic N) is 8. The van der Waals surface area contributed by atoms with E-state index >= 15 is 0 Å². The predicted octanol–water partition coefficient (Wildman–Crippen LogP) is -4.08. The van der Waals surface area contributed by atoms with Gasteiger partial charge in [0.1, 0.15) is 66.8 Å². The van der Waals surface area contributed by atoms with E-state index in [1.165, 1.54) is 36.0 Å². The largest absolute Gasteiger partial charge is 0.490 e. The number of H-pyrrole nitrogens is 2. The van der Waals surface area contributed by atoms with E-state index in [0.29, 0.717) is 0 Å². The van der Waals surface area contributed by atoms with Crippen molar-refractivity contribution in [1.29, 1.82) is 0 Å². The van der Waals surface area contributed by atoms with E-state index in [-0.39, 0.29) is 47.6 Å². The van der Waals surface area contributed by atoms with Gasteiger partial charge >= 0.3 is 37.0 Å². The molecule has 420 valence electrons. The summed E-state index contributed by atoms with van der Waals surface area (Å²) in [4.78, 5) is 102. The summed E-state index contributed by atoms with van der Waals surface area (Å²) >= 11 is 0. The van der Waals surface area contributed by atoms with Gasteiger partial charge in [-0.05, 0) is 0 Å². The molecule has 4 aliphatic rings. The Morgan fingerprint density at radius 1 is 0.711 bits per heavy atom. The number of nitrogens with one attached hydrogen (secondary N) is 2. The third-order valence-corrected chi connectivity index (χ3v) is 16.7. The van der Waals surface area contributed by atoms with Gasteiger partial charge in [0.05, 0.1) is 39.4 Å². The number of methoxy groups -OCH3 is 1. The summed E-state index contributed by atoms with van der Waals surface area (Å²) in [6.45, 7) is -3.92. The molecular formula is C34H48N12O26P4. The maximum Gasteiger partial charge on any atom is 0.490 e. The number of ether oxygens (including phenoxy) is 5. The number of phosphoric ester groups is 3. The number of aliphatic hydroxyl groups excluding tert-OH is 4. The van der Waals surface area contributed by atoms with E-state index in [2.05, 4.69) is 33.5 Å². The minimum atomic E-state index is -6.23. The average Bonchev–Trinajstić information content (AvgIpc) is 4.08. The molecule has 0 bridgehead atoms. The van der Waals surface area contributed by atoms with Crippen LogP contribution in [0.25, 0.3) is 11.2 Å². The van der Waals surface area contributed by atoms with Gasteiger partial charge in [-0.3, -0.25) is 46.8 Å². The number of aromatic amines is 2. The van der Waals surface area contributed by atoms with Crippen LogP contribution in [-0.2, 0) is 68.7 Å². The highest BCUT2D eigenvalue weighted by Crippen LogP contribution is 2.68. The molecule has 0 spiro atoms. The van der Waals surface area contributed by atoms with Gasteiger partial charge in [-0.25, -0.2) is 38.0 Å². The molecule has 0 radical (unpaired) electrons. The third kappa shape index (κ3) is 12.5. The molecule has 3 fully saturated rings. The van der Waals surface area contributed by atoms with Crippen molar-refractivity contribution in [1.82, 2.24) is 39.0 Å². The van der Waals surface area contributed by atoms with Crippen LogP contribution in [0.2, 0.25) is 0 Å². The lowest BCUT2D eigenvalue weighted by molar-refractivity contribution is -0.0796. The van der Waals surface area contributed by atoms with Crippen molar-refractivity contribution in [2.24, 2.45) is 0 Å². The maximum atomic E-state index is 13.7. The first-order valence-electron chi connectivity index (χ1n) is 21.7. The molecule has 0 amide bonds. The van der Waals surface area contributed by atoms with E-state index in [0.717, 1.165) is 34.4 Å². The Morgan fingerprint density at radius 3 is 1.96 bits per heavy atom. The van der Waals surface area contributed by atoms with Gasteiger partial charge in [0.2, 0.25) is 5.95 Å². The fourth-order valence-electron chi connectivity index (χ4n) is 8.02. The molecule has 0 aromatic carbocycles. The van der Waals surface area contributed by atoms with Gasteiger partial charge in [0.15, 0.2) is 41.7 Å². The number of anilines is 4. The number of aliphatic hydroxyl groups is 4. The van der Waals surface area contributed by atoms with Crippen LogP contribution in [0.3, 0.4) is 0 Å². The molecule has 10 unspecified atom stereocenters. The molecule has 42 heteroatoms. The van der Waals surface area contributed by atoms with Gasteiger partial charge in [-0.2, -0.15) is 13.6 Å². The van der Waals surface area contributed by atoms with Crippen molar-refractivity contribution in [2.45, 2.75) is 73.6 Å². The van der Waals surface area contributed by atoms with Gasteiger partial charge in [-0.1, -0.05) is 0 Å². The number of hydrogen-bond donors (Lipinski definition) is 12. The highest BCUT2D eigenvalue weighted by atomic mass is 31.3. The molecule has 8 heterocycles. The quantitative estimate of drug-likeness (QED) is 0.0263. The highest BCUT2D eigenvalue weighted by molar-refractivity contribution is 7.66. The van der Waals surface area contributed by atoms with Crippen molar-refractivity contribution in [3.63, 3.8) is 0 Å². The first-order valence-corrected chi connectivity index (χ1v) is 27.7. The molecule has 4 aliphatic heterocycles. The second-order valence-corrected chi connectivity index (χ2v) is 22.6. The Bertz CT molecular complexity index is 3180. The van der Waals surface area contributed by atoms with Crippen LogP contribution in [0, 0.1) is 0 Å². The van der Waals surface area contributed by atoms with E-state index in [4.69, 9.17) is 53.2 Å². The number of phosphoric acid groups is 4. The molecule has 16 atom stereocenters. The fraction of sp³-hybridized carbons (Fsp3) is 0.559. The first kappa shape index (κ1) is 57.4. The van der Waals surface area contributed by atoms with Crippen LogP contribution in [-0.4, -0.2) is 187 Å². The standard InChI is InChI=1S/C34H48N12O26P4/c1-43-5-6-44(28-19(43)29(52)42-33(36)41-28)30-22(50)20(48)15(67-30)10-65-74(56,57)71-76(60,61)72-75(58,59)66-11-16-24(25(63-8-7-62-2)32(69-16)46-13-39-18-26(35)37-12-38-27(18)46)70-73(54,55)64-9-14-21(49)23(51)31(68-14)45-4-3-17(47)40-34(45)53/h3-6,12-16,20-25,30-32,48-51H,7-11H2,1-2H3,(H,54,55)(H,56,57)(H,58,59)(H,60,61)(H2,35,37,38)(H,40,47,53)(H3,36,41,42,52)/t14-,15-,16-,20?,21?,22?,23?,24?,25?,30-,31-,32-/m1/s1. The molecule has 4 aromatic rings. The number of fused-ring (bicyclic) bond motifs is 2. The van der Waals surface area contributed by atoms with Crippen LogP contribution >= 0.6 is 31.3 Å². The molecule has 3 saturated heterocycles. The van der Waals surface area contributed by atoms with Crippen molar-refractivity contribution in [3.8, 4) is 0 Å². The maximum absolute atomic E-state index is 13.7. The lowest BCUT2D eigenvalue weighted by atomic mass is 10.1. The van der Waals surface area contributed by atoms with Crippen LogP contribution in [0.4, 0.5) is 23.3 Å². The lowest BCUT2D eigenvalue weighted by Crippen LogP contribution is -2.45. The summed E-state index contributed by atoms with van der Waals surface area (Å²) in [6, 6.07) is 0.919. The number of hydrogen-bond acceptors (Lipinski definition) is 30. The number of rotatable bonds is 22. The molecule has 38 nitrogen and oxygen atoms in total. The topological polar surface area (TPSA) is 534 Å². The zero-order valence-electron chi connectivity index (χ0n) is 38.9. The van der Waals surface area contributed by atoms with E-state index in [1.807, 2.05) is 4.98 Å². The van der Waals surface area contributed by atoms with Crippen molar-refractivity contribution in [2.75, 3.05) is 68.5 Å². The normalized spacial score (nSPS) is 30.8. The van der Waals surface area contributed by atoms with Crippen LogP contribution < -0.4 is 38.1 Å². The van der Waals surface area contributed by atoms with Crippen LogP contribution in [0.5, 0.6) is 0 Å². The second-order valence-electron chi connectivity index (χ2n) is 16.5. The number of nitrogen functional groups attached to an aromatic ring is 2. The molecular weight excluding hydrogens is 1120 g/mol. The predicted molar refractivity (Wildman–Crippen MR) is 247 cm³/mol. The smallest absolute Gasteiger partial charge is 0.387 e. The molecule has 76 heavy (non-hydrogen) atoms. The summed E-state index contributed by atoms with van der Waals surface area (Å²) < 4.78 is 112. The Hall–Kier alpha value is -4.79. The van der Waals surface area contributed by atoms with Crippen molar-refractivity contribution >= 4 is 65.7 Å². The zero-order valence-corrected chi connectivity index (χ0v) is 42.5.